The van der Waals surface area contributed by atoms with Gasteiger partial charge in [0.15, 0.2) is 0 Å². The van der Waals surface area contributed by atoms with Gasteiger partial charge in [0, 0.05) is 36.8 Å². The van der Waals surface area contributed by atoms with Crippen molar-refractivity contribution in [3.63, 3.8) is 0 Å². The Morgan fingerprint density at radius 2 is 1.95 bits per heavy atom. The predicted octanol–water partition coefficient (Wildman–Crippen LogP) is 2.79. The minimum atomic E-state index is -0.0122. The maximum atomic E-state index is 11.9. The average molecular weight is 274 g/mol. The van der Waals surface area contributed by atoms with E-state index in [1.54, 1.807) is 11.3 Å². The normalized spacial score (nSPS) is 10.2. The van der Waals surface area contributed by atoms with E-state index in [4.69, 9.17) is 0 Å². The van der Waals surface area contributed by atoms with E-state index in [1.807, 2.05) is 49.3 Å². The lowest BCUT2D eigenvalue weighted by atomic mass is 10.2. The molecule has 4 heteroatoms. The van der Waals surface area contributed by atoms with Gasteiger partial charge in [0.05, 0.1) is 0 Å². The molecule has 0 unspecified atom stereocenters. The number of anilines is 1. The topological polar surface area (TPSA) is 32.3 Å². The number of rotatable bonds is 5. The summed E-state index contributed by atoms with van der Waals surface area (Å²) in [6.07, 6.45) is 0.888. The smallest absolute Gasteiger partial charge is 0.251 e. The summed E-state index contributed by atoms with van der Waals surface area (Å²) in [6, 6.07) is 11.7. The molecule has 0 radical (unpaired) electrons. The van der Waals surface area contributed by atoms with Crippen LogP contribution >= 0.6 is 11.3 Å². The van der Waals surface area contributed by atoms with Crippen molar-refractivity contribution in [3.8, 4) is 0 Å². The van der Waals surface area contributed by atoms with Crippen molar-refractivity contribution in [3.05, 3.63) is 52.2 Å². The van der Waals surface area contributed by atoms with Crippen LogP contribution in [0.25, 0.3) is 0 Å². The molecule has 0 aliphatic carbocycles. The van der Waals surface area contributed by atoms with Crippen LogP contribution in [0, 0.1) is 0 Å². The van der Waals surface area contributed by atoms with Crippen molar-refractivity contribution in [2.24, 2.45) is 0 Å². The second kappa shape index (κ2) is 6.38. The van der Waals surface area contributed by atoms with E-state index in [9.17, 15) is 4.79 Å². The minimum absolute atomic E-state index is 0.0122. The second-order valence-corrected chi connectivity index (χ2v) is 5.56. The van der Waals surface area contributed by atoms with Crippen molar-refractivity contribution < 1.29 is 4.79 Å². The number of carbonyl (C=O) groups excluding carboxylic acids is 1. The van der Waals surface area contributed by atoms with Gasteiger partial charge in [-0.3, -0.25) is 4.79 Å². The second-order valence-electron chi connectivity index (χ2n) is 4.53. The highest BCUT2D eigenvalue weighted by molar-refractivity contribution is 7.09. The van der Waals surface area contributed by atoms with E-state index >= 15 is 0 Å². The largest absolute Gasteiger partial charge is 0.378 e. The molecule has 1 aromatic heterocycles. The van der Waals surface area contributed by atoms with Crippen LogP contribution in [0.4, 0.5) is 5.69 Å². The molecule has 1 amide bonds. The number of nitrogens with zero attached hydrogens (tertiary/aromatic N) is 1. The molecule has 0 fully saturated rings. The number of nitrogens with one attached hydrogen (secondary N) is 1. The Labute approximate surface area is 117 Å². The highest BCUT2D eigenvalue weighted by atomic mass is 32.1. The Morgan fingerprint density at radius 3 is 2.53 bits per heavy atom. The first kappa shape index (κ1) is 13.6. The van der Waals surface area contributed by atoms with Crippen LogP contribution in [0.3, 0.4) is 0 Å². The summed E-state index contributed by atoms with van der Waals surface area (Å²) in [5.74, 6) is -0.0122. The van der Waals surface area contributed by atoms with Gasteiger partial charge in [-0.25, -0.2) is 0 Å². The summed E-state index contributed by atoms with van der Waals surface area (Å²) in [4.78, 5) is 15.2. The fraction of sp³-hybridized carbons (Fsp3) is 0.267. The Morgan fingerprint density at radius 1 is 1.21 bits per heavy atom. The first-order valence-electron chi connectivity index (χ1n) is 6.25. The van der Waals surface area contributed by atoms with Gasteiger partial charge in [-0.15, -0.1) is 11.3 Å². The van der Waals surface area contributed by atoms with E-state index in [2.05, 4.69) is 16.8 Å². The Hall–Kier alpha value is -1.81. The first-order valence-corrected chi connectivity index (χ1v) is 7.13. The fourth-order valence-corrected chi connectivity index (χ4v) is 2.48. The van der Waals surface area contributed by atoms with E-state index in [0.29, 0.717) is 12.1 Å². The molecule has 19 heavy (non-hydrogen) atoms. The van der Waals surface area contributed by atoms with Crippen molar-refractivity contribution in [1.29, 1.82) is 0 Å². The molecule has 0 aliphatic rings. The van der Waals surface area contributed by atoms with E-state index in [0.717, 1.165) is 12.1 Å². The van der Waals surface area contributed by atoms with Crippen LogP contribution in [0.5, 0.6) is 0 Å². The summed E-state index contributed by atoms with van der Waals surface area (Å²) in [5.41, 5.74) is 1.80. The number of hydrogen-bond acceptors (Lipinski definition) is 3. The van der Waals surface area contributed by atoms with Gasteiger partial charge >= 0.3 is 0 Å². The highest BCUT2D eigenvalue weighted by Gasteiger charge is 2.05. The van der Waals surface area contributed by atoms with Crippen LogP contribution in [0.15, 0.2) is 41.8 Å². The molecule has 0 atom stereocenters. The number of thiophene rings is 1. The van der Waals surface area contributed by atoms with Gasteiger partial charge < -0.3 is 10.2 Å². The Bertz CT molecular complexity index is 518. The third-order valence-corrected chi connectivity index (χ3v) is 3.82. The number of hydrogen-bond donors (Lipinski definition) is 1. The Kier molecular flexibility index (Phi) is 4.58. The molecule has 1 N–H and O–H groups in total. The zero-order valence-corrected chi connectivity index (χ0v) is 12.0. The van der Waals surface area contributed by atoms with Crippen LogP contribution < -0.4 is 10.2 Å². The van der Waals surface area contributed by atoms with Crippen molar-refractivity contribution in [2.45, 2.75) is 6.42 Å². The number of carbonyl (C=O) groups is 1. The van der Waals surface area contributed by atoms with Crippen molar-refractivity contribution in [2.75, 3.05) is 25.5 Å². The van der Waals surface area contributed by atoms with Gasteiger partial charge in [-0.1, -0.05) is 6.07 Å². The van der Waals surface area contributed by atoms with Gasteiger partial charge in [-0.2, -0.15) is 0 Å². The predicted molar refractivity (Wildman–Crippen MR) is 81.1 cm³/mol. The zero-order valence-electron chi connectivity index (χ0n) is 11.2. The van der Waals surface area contributed by atoms with Crippen LogP contribution in [0.1, 0.15) is 15.2 Å². The molecule has 0 aliphatic heterocycles. The van der Waals surface area contributed by atoms with Crippen molar-refractivity contribution >= 4 is 22.9 Å². The molecule has 0 saturated carbocycles. The average Bonchev–Trinajstić information content (AvgIpc) is 2.92. The van der Waals surface area contributed by atoms with Crippen LogP contribution in [-0.4, -0.2) is 26.5 Å². The molecule has 1 heterocycles. The molecule has 0 spiro atoms. The lowest BCUT2D eigenvalue weighted by Crippen LogP contribution is -2.25. The number of amides is 1. The monoisotopic (exact) mass is 274 g/mol. The quantitative estimate of drug-likeness (QED) is 0.909. The molecule has 0 bridgehead atoms. The summed E-state index contributed by atoms with van der Waals surface area (Å²) in [6.45, 7) is 0.675. The molecular formula is C15H18N2OS. The van der Waals surface area contributed by atoms with Gasteiger partial charge in [0.2, 0.25) is 0 Å². The standard InChI is InChI=1S/C15H18N2OS/c1-17(2)13-7-5-12(6-8-13)15(18)16-10-9-14-4-3-11-19-14/h3-8,11H,9-10H2,1-2H3,(H,16,18). The summed E-state index contributed by atoms with van der Waals surface area (Å²) in [7, 11) is 3.96. The summed E-state index contributed by atoms with van der Waals surface area (Å²) < 4.78 is 0. The summed E-state index contributed by atoms with van der Waals surface area (Å²) in [5, 5.41) is 4.99. The molecular weight excluding hydrogens is 256 g/mol. The number of benzene rings is 1. The Balaban J connectivity index is 1.85. The SMILES string of the molecule is CN(C)c1ccc(C(=O)NCCc2cccs2)cc1. The molecule has 0 saturated heterocycles. The van der Waals surface area contributed by atoms with E-state index in [1.165, 1.54) is 4.88 Å². The third-order valence-electron chi connectivity index (χ3n) is 2.88. The maximum Gasteiger partial charge on any atom is 0.251 e. The molecule has 3 nitrogen and oxygen atoms in total. The van der Waals surface area contributed by atoms with Crippen molar-refractivity contribution in [1.82, 2.24) is 5.32 Å². The van der Waals surface area contributed by atoms with Gasteiger partial charge in [-0.05, 0) is 42.1 Å². The highest BCUT2D eigenvalue weighted by Crippen LogP contribution is 2.12. The van der Waals surface area contributed by atoms with Crippen LogP contribution in [-0.2, 0) is 6.42 Å². The fourth-order valence-electron chi connectivity index (χ4n) is 1.77. The lowest BCUT2D eigenvalue weighted by molar-refractivity contribution is 0.0954. The maximum absolute atomic E-state index is 11.9. The molecule has 2 aromatic rings. The van der Waals surface area contributed by atoms with Gasteiger partial charge in [0.1, 0.15) is 0 Å². The minimum Gasteiger partial charge on any atom is -0.378 e. The molecule has 100 valence electrons. The summed E-state index contributed by atoms with van der Waals surface area (Å²) >= 11 is 1.72. The zero-order chi connectivity index (χ0) is 13.7. The van der Waals surface area contributed by atoms with Crippen LogP contribution in [0.2, 0.25) is 0 Å². The van der Waals surface area contributed by atoms with E-state index in [-0.39, 0.29) is 5.91 Å². The lowest BCUT2D eigenvalue weighted by Gasteiger charge is -2.12. The molecule has 2 rings (SSSR count). The van der Waals surface area contributed by atoms with E-state index < -0.39 is 0 Å². The third kappa shape index (κ3) is 3.83. The molecule has 1 aromatic carbocycles. The van der Waals surface area contributed by atoms with Gasteiger partial charge in [0.25, 0.3) is 5.91 Å². The first-order chi connectivity index (χ1) is 9.16.